The van der Waals surface area contributed by atoms with E-state index in [-0.39, 0.29) is 22.2 Å². The van der Waals surface area contributed by atoms with Crippen LogP contribution in [0.25, 0.3) is 22.7 Å². The lowest BCUT2D eigenvalue weighted by Gasteiger charge is -2.12. The molecule has 0 saturated heterocycles. The molecule has 3 aromatic rings. The third-order valence-electron chi connectivity index (χ3n) is 3.30. The van der Waals surface area contributed by atoms with Gasteiger partial charge in [0, 0.05) is 22.2 Å². The van der Waals surface area contributed by atoms with Gasteiger partial charge < -0.3 is 9.52 Å². The van der Waals surface area contributed by atoms with Crippen molar-refractivity contribution in [1.82, 2.24) is 4.98 Å². The van der Waals surface area contributed by atoms with Crippen LogP contribution >= 0.6 is 23.2 Å². The van der Waals surface area contributed by atoms with Gasteiger partial charge in [0.15, 0.2) is 0 Å². The summed E-state index contributed by atoms with van der Waals surface area (Å²) in [5.74, 6) is -1.23. The topological polar surface area (TPSA) is 109 Å². The fourth-order valence-electron chi connectivity index (χ4n) is 2.19. The van der Waals surface area contributed by atoms with E-state index >= 15 is 0 Å². The highest BCUT2D eigenvalue weighted by molar-refractivity contribution is 6.36. The lowest BCUT2D eigenvalue weighted by Crippen LogP contribution is -2.05. The number of aromatic nitrogens is 1. The first-order valence-electron chi connectivity index (χ1n) is 6.79. The minimum Gasteiger partial charge on any atom is -0.867 e. The van der Waals surface area contributed by atoms with E-state index in [1.165, 1.54) is 18.2 Å². The smallest absolute Gasteiger partial charge is 0.339 e. The van der Waals surface area contributed by atoms with Gasteiger partial charge in [-0.3, -0.25) is 10.1 Å². The van der Waals surface area contributed by atoms with Crippen molar-refractivity contribution in [3.8, 4) is 28.5 Å². The summed E-state index contributed by atoms with van der Waals surface area (Å²) in [6.45, 7) is 0. The Morgan fingerprint density at radius 3 is 2.52 bits per heavy atom. The molecule has 0 bridgehead atoms. The van der Waals surface area contributed by atoms with E-state index in [1.54, 1.807) is 12.1 Å². The average molecular weight is 378 g/mol. The molecule has 0 fully saturated rings. The molecule has 9 heteroatoms. The van der Waals surface area contributed by atoms with Gasteiger partial charge in [0.25, 0.3) is 5.69 Å². The number of halogens is 2. The highest BCUT2D eigenvalue weighted by atomic mass is 35.5. The molecule has 0 radical (unpaired) electrons. The molecule has 1 aromatic heterocycles. The van der Waals surface area contributed by atoms with Crippen molar-refractivity contribution >= 4 is 28.9 Å². The summed E-state index contributed by atoms with van der Waals surface area (Å²) in [7, 11) is 0. The largest absolute Gasteiger partial charge is 0.867 e. The molecule has 7 nitrogen and oxygen atoms in total. The van der Waals surface area contributed by atoms with Crippen molar-refractivity contribution in [1.29, 1.82) is 0 Å². The molecule has 0 unspecified atom stereocenters. The maximum atomic E-state index is 12.2. The third-order valence-corrected chi connectivity index (χ3v) is 3.85. The van der Waals surface area contributed by atoms with Gasteiger partial charge >= 0.3 is 5.63 Å². The van der Waals surface area contributed by atoms with Gasteiger partial charge in [-0.25, -0.2) is 9.78 Å². The Morgan fingerprint density at radius 1 is 1.08 bits per heavy atom. The Bertz CT molecular complexity index is 1050. The lowest BCUT2D eigenvalue weighted by molar-refractivity contribution is -0.398. The first kappa shape index (κ1) is 16.9. The van der Waals surface area contributed by atoms with Crippen molar-refractivity contribution in [2.45, 2.75) is 0 Å². The molecule has 126 valence electrons. The number of nitrogens with zero attached hydrogens (tertiary/aromatic N) is 2. The van der Waals surface area contributed by atoms with Crippen molar-refractivity contribution in [2.75, 3.05) is 0 Å². The Hall–Kier alpha value is -2.90. The lowest BCUT2D eigenvalue weighted by atomic mass is 10.1. The Morgan fingerprint density at radius 2 is 1.84 bits per heavy atom. The Kier molecular flexibility index (Phi) is 4.43. The van der Waals surface area contributed by atoms with Gasteiger partial charge in [0.05, 0.1) is 21.7 Å². The van der Waals surface area contributed by atoms with Gasteiger partial charge in [-0.1, -0.05) is 29.3 Å². The van der Waals surface area contributed by atoms with Crippen LogP contribution in [-0.2, 0) is 0 Å². The minimum absolute atomic E-state index is 0.152. The molecular weight excluding hydrogens is 371 g/mol. The molecule has 25 heavy (non-hydrogen) atoms. The first-order chi connectivity index (χ1) is 11.9. The molecule has 0 N–H and O–H groups in total. The molecule has 0 aliphatic heterocycles. The van der Waals surface area contributed by atoms with Crippen LogP contribution in [0, 0.1) is 10.1 Å². The summed E-state index contributed by atoms with van der Waals surface area (Å²) in [4.78, 5) is 26.0. The summed E-state index contributed by atoms with van der Waals surface area (Å²) in [6.07, 6.45) is 0. The van der Waals surface area contributed by atoms with E-state index < -0.39 is 22.0 Å². The van der Waals surface area contributed by atoms with E-state index in [2.05, 4.69) is 4.98 Å². The van der Waals surface area contributed by atoms with Crippen molar-refractivity contribution in [2.24, 2.45) is 0 Å². The van der Waals surface area contributed by atoms with Crippen LogP contribution < -0.4 is 10.7 Å². The average Bonchev–Trinajstić information content (AvgIpc) is 2.54. The maximum absolute atomic E-state index is 12.2. The molecule has 2 aromatic carbocycles. The zero-order valence-electron chi connectivity index (χ0n) is 12.2. The van der Waals surface area contributed by atoms with Crippen LogP contribution in [0.4, 0.5) is 5.69 Å². The number of nitro groups is 1. The van der Waals surface area contributed by atoms with E-state index in [9.17, 15) is 20.0 Å². The molecule has 0 saturated carbocycles. The predicted octanol–water partition coefficient (Wildman–Crippen LogP) is 3.66. The second kappa shape index (κ2) is 6.54. The van der Waals surface area contributed by atoms with E-state index in [4.69, 9.17) is 27.6 Å². The normalized spacial score (nSPS) is 10.6. The van der Waals surface area contributed by atoms with Gasteiger partial charge in [-0.2, -0.15) is 0 Å². The van der Waals surface area contributed by atoms with E-state index in [0.29, 0.717) is 10.6 Å². The number of nitro benzene ring substituents is 1. The zero-order chi connectivity index (χ0) is 18.1. The maximum Gasteiger partial charge on any atom is 0.339 e. The molecule has 0 aliphatic rings. The van der Waals surface area contributed by atoms with E-state index in [0.717, 1.165) is 12.1 Å². The molecular formula is C16H7Cl2N2O5-. The molecule has 3 rings (SSSR count). The fourth-order valence-corrected chi connectivity index (χ4v) is 2.69. The number of para-hydroxylation sites is 1. The monoisotopic (exact) mass is 377 g/mol. The van der Waals surface area contributed by atoms with Crippen molar-refractivity contribution in [3.63, 3.8) is 0 Å². The van der Waals surface area contributed by atoms with Crippen molar-refractivity contribution < 1.29 is 14.4 Å². The highest BCUT2D eigenvalue weighted by Crippen LogP contribution is 2.35. The Labute approximate surface area is 150 Å². The van der Waals surface area contributed by atoms with Crippen LogP contribution in [0.15, 0.2) is 51.7 Å². The van der Waals surface area contributed by atoms with Crippen molar-refractivity contribution in [3.05, 3.63) is 73.0 Å². The molecule has 0 aliphatic carbocycles. The van der Waals surface area contributed by atoms with Gasteiger partial charge in [-0.05, 0) is 30.0 Å². The second-order valence-electron chi connectivity index (χ2n) is 4.90. The van der Waals surface area contributed by atoms with Crippen LogP contribution in [-0.4, -0.2) is 9.91 Å². The van der Waals surface area contributed by atoms with Crippen LogP contribution in [0.5, 0.6) is 5.75 Å². The summed E-state index contributed by atoms with van der Waals surface area (Å²) in [6, 6.07) is 9.34. The zero-order valence-corrected chi connectivity index (χ0v) is 13.7. The van der Waals surface area contributed by atoms with Crippen LogP contribution in [0.2, 0.25) is 10.0 Å². The summed E-state index contributed by atoms with van der Waals surface area (Å²) < 4.78 is 4.95. The SMILES string of the molecule is O=c1cc(-c2ccc(Cl)cc2Cl)nc(-c2cccc([N+](=O)[O-])c2[O-])o1. The number of benzene rings is 2. The van der Waals surface area contributed by atoms with Crippen LogP contribution in [0.1, 0.15) is 0 Å². The first-order valence-corrected chi connectivity index (χ1v) is 7.55. The summed E-state index contributed by atoms with van der Waals surface area (Å²) >= 11 is 11.9. The number of hydrogen-bond donors (Lipinski definition) is 0. The van der Waals surface area contributed by atoms with Crippen LogP contribution in [0.3, 0.4) is 0 Å². The van der Waals surface area contributed by atoms with Gasteiger partial charge in [-0.15, -0.1) is 0 Å². The Balaban J connectivity index is 2.20. The summed E-state index contributed by atoms with van der Waals surface area (Å²) in [5.41, 5.74) is -1.07. The predicted molar refractivity (Wildman–Crippen MR) is 89.8 cm³/mol. The van der Waals surface area contributed by atoms with E-state index in [1.807, 2.05) is 0 Å². The quantitative estimate of drug-likeness (QED) is 0.508. The minimum atomic E-state index is -0.900. The molecule has 1 heterocycles. The molecule has 0 spiro atoms. The number of hydrogen-bond acceptors (Lipinski definition) is 6. The summed E-state index contributed by atoms with van der Waals surface area (Å²) in [5, 5.41) is 23.7. The second-order valence-corrected chi connectivity index (χ2v) is 5.75. The molecule has 0 amide bonds. The third kappa shape index (κ3) is 3.33. The standard InChI is InChI=1S/C16H8Cl2N2O5/c17-8-4-5-9(11(18)6-8)12-7-14(21)25-16(19-12)10-2-1-3-13(15(10)22)20(23)24/h1-7,22H/p-1. The number of rotatable bonds is 3. The molecule has 0 atom stereocenters. The fraction of sp³-hybridized carbons (Fsp3) is 0. The highest BCUT2D eigenvalue weighted by Gasteiger charge is 2.16. The van der Waals surface area contributed by atoms with Gasteiger partial charge in [0.2, 0.25) is 5.89 Å². The van der Waals surface area contributed by atoms with Gasteiger partial charge in [0.1, 0.15) is 0 Å².